The van der Waals surface area contributed by atoms with E-state index in [2.05, 4.69) is 32.4 Å². The molecule has 2 N–H and O–H groups in total. The molecule has 2 amide bonds. The first-order valence-electron chi connectivity index (χ1n) is 12.5. The Balaban J connectivity index is 1.27. The molecule has 2 aromatic carbocycles. The molecule has 188 valence electrons. The van der Waals surface area contributed by atoms with Crippen molar-refractivity contribution in [1.29, 1.82) is 0 Å². The Morgan fingerprint density at radius 2 is 1.72 bits per heavy atom. The largest absolute Gasteiger partial charge is 0.369 e. The summed E-state index contributed by atoms with van der Waals surface area (Å²) in [6, 6.07) is 15.7. The van der Waals surface area contributed by atoms with Gasteiger partial charge in [0.1, 0.15) is 0 Å². The lowest BCUT2D eigenvalue weighted by Gasteiger charge is -2.34. The average molecular weight is 487 g/mol. The van der Waals surface area contributed by atoms with Crippen molar-refractivity contribution in [1.82, 2.24) is 20.0 Å². The summed E-state index contributed by atoms with van der Waals surface area (Å²) in [4.78, 5) is 32.8. The van der Waals surface area contributed by atoms with E-state index in [1.807, 2.05) is 74.2 Å². The van der Waals surface area contributed by atoms with Crippen LogP contribution in [0.15, 0.2) is 48.5 Å². The maximum absolute atomic E-state index is 13.3. The fraction of sp³-hybridized carbons (Fsp3) is 0.393. The van der Waals surface area contributed by atoms with Crippen LogP contribution in [0.3, 0.4) is 0 Å². The Labute approximate surface area is 212 Å². The second kappa shape index (κ2) is 9.43. The number of anilines is 2. The quantitative estimate of drug-likeness (QED) is 0.576. The standard InChI is InChI=1S/C28H34N6O2/c1-19-7-5-6-8-21(19)17-24(35)34-18-23-25(28(34,2)3)30-31-26(23)29-27(36)20-9-11-22(12-10-20)33-15-13-32(4)14-16-33/h5-12H,13-18H2,1-4H3,(H2,29,30,31,36). The average Bonchev–Trinajstić information content (AvgIpc) is 3.39. The second-order valence-corrected chi connectivity index (χ2v) is 10.4. The fourth-order valence-corrected chi connectivity index (χ4v) is 5.15. The van der Waals surface area contributed by atoms with Gasteiger partial charge in [0, 0.05) is 43.0 Å². The van der Waals surface area contributed by atoms with Crippen LogP contribution in [0.2, 0.25) is 0 Å². The predicted octanol–water partition coefficient (Wildman–Crippen LogP) is 3.54. The third-order valence-corrected chi connectivity index (χ3v) is 7.60. The molecule has 0 aliphatic carbocycles. The number of carbonyl (C=O) groups is 2. The van der Waals surface area contributed by atoms with Crippen LogP contribution in [0, 0.1) is 6.92 Å². The van der Waals surface area contributed by atoms with Gasteiger partial charge in [0.25, 0.3) is 5.91 Å². The molecule has 2 aliphatic rings. The number of piperazine rings is 1. The molecule has 2 aliphatic heterocycles. The van der Waals surface area contributed by atoms with Gasteiger partial charge in [0.05, 0.1) is 24.2 Å². The fourth-order valence-electron chi connectivity index (χ4n) is 5.15. The third kappa shape index (κ3) is 4.48. The van der Waals surface area contributed by atoms with Crippen molar-refractivity contribution in [3.63, 3.8) is 0 Å². The smallest absolute Gasteiger partial charge is 0.256 e. The molecule has 0 atom stereocenters. The van der Waals surface area contributed by atoms with Gasteiger partial charge in [0.15, 0.2) is 5.82 Å². The molecule has 3 aromatic rings. The van der Waals surface area contributed by atoms with E-state index >= 15 is 0 Å². The summed E-state index contributed by atoms with van der Waals surface area (Å²) < 4.78 is 0. The van der Waals surface area contributed by atoms with Gasteiger partial charge in [0.2, 0.25) is 5.91 Å². The van der Waals surface area contributed by atoms with Crippen LogP contribution in [0.25, 0.3) is 0 Å². The Bertz CT molecular complexity index is 1270. The molecule has 3 heterocycles. The molecule has 0 saturated carbocycles. The number of nitrogens with one attached hydrogen (secondary N) is 2. The Morgan fingerprint density at radius 1 is 1.03 bits per heavy atom. The highest BCUT2D eigenvalue weighted by Crippen LogP contribution is 2.41. The van der Waals surface area contributed by atoms with Crippen LogP contribution in [0.1, 0.15) is 46.6 Å². The molecule has 36 heavy (non-hydrogen) atoms. The van der Waals surface area contributed by atoms with Crippen molar-refractivity contribution < 1.29 is 9.59 Å². The normalized spacial score (nSPS) is 17.2. The van der Waals surface area contributed by atoms with Gasteiger partial charge in [-0.2, -0.15) is 5.10 Å². The van der Waals surface area contributed by atoms with Gasteiger partial charge in [-0.3, -0.25) is 14.7 Å². The highest BCUT2D eigenvalue weighted by molar-refractivity contribution is 6.04. The first kappa shape index (κ1) is 24.1. The highest BCUT2D eigenvalue weighted by Gasteiger charge is 2.43. The zero-order valence-corrected chi connectivity index (χ0v) is 21.5. The molecule has 0 radical (unpaired) electrons. The topological polar surface area (TPSA) is 84.6 Å². The number of hydrogen-bond donors (Lipinski definition) is 2. The number of fused-ring (bicyclic) bond motifs is 1. The summed E-state index contributed by atoms with van der Waals surface area (Å²) in [7, 11) is 2.14. The summed E-state index contributed by atoms with van der Waals surface area (Å²) >= 11 is 0. The minimum Gasteiger partial charge on any atom is -0.369 e. The number of aryl methyl sites for hydroxylation is 1. The SMILES string of the molecule is Cc1ccccc1CC(=O)N1Cc2c(NC(=O)c3ccc(N4CCN(C)CC4)cc3)n[nH]c2C1(C)C. The van der Waals surface area contributed by atoms with Crippen molar-refractivity contribution in [2.24, 2.45) is 0 Å². The van der Waals surface area contributed by atoms with E-state index in [9.17, 15) is 9.59 Å². The monoisotopic (exact) mass is 486 g/mol. The summed E-state index contributed by atoms with van der Waals surface area (Å²) in [5.74, 6) is 0.324. The number of H-pyrrole nitrogens is 1. The molecule has 0 unspecified atom stereocenters. The van der Waals surface area contributed by atoms with Gasteiger partial charge in [-0.05, 0) is 63.2 Å². The number of carbonyl (C=O) groups excluding carboxylic acids is 2. The van der Waals surface area contributed by atoms with E-state index in [-0.39, 0.29) is 11.8 Å². The first-order valence-corrected chi connectivity index (χ1v) is 12.5. The van der Waals surface area contributed by atoms with Crippen LogP contribution >= 0.6 is 0 Å². The minimum absolute atomic E-state index is 0.0515. The van der Waals surface area contributed by atoms with Crippen molar-refractivity contribution >= 4 is 23.3 Å². The molecule has 1 fully saturated rings. The number of aromatic nitrogens is 2. The predicted molar refractivity (Wildman–Crippen MR) is 141 cm³/mol. The molecule has 1 saturated heterocycles. The lowest BCUT2D eigenvalue weighted by atomic mass is 9.99. The molecule has 1 aromatic heterocycles. The van der Waals surface area contributed by atoms with Gasteiger partial charge in [-0.1, -0.05) is 24.3 Å². The molecule has 8 heteroatoms. The third-order valence-electron chi connectivity index (χ3n) is 7.60. The second-order valence-electron chi connectivity index (χ2n) is 10.4. The van der Waals surface area contributed by atoms with E-state index in [4.69, 9.17) is 0 Å². The summed E-state index contributed by atoms with van der Waals surface area (Å²) in [6.07, 6.45) is 0.342. The Morgan fingerprint density at radius 3 is 2.42 bits per heavy atom. The summed E-state index contributed by atoms with van der Waals surface area (Å²) in [6.45, 7) is 10.5. The first-order chi connectivity index (χ1) is 17.2. The molecular weight excluding hydrogens is 452 g/mol. The summed E-state index contributed by atoms with van der Waals surface area (Å²) in [5, 5.41) is 10.4. The molecule has 5 rings (SSSR count). The van der Waals surface area contributed by atoms with Gasteiger partial charge in [-0.15, -0.1) is 0 Å². The van der Waals surface area contributed by atoms with Crippen LogP contribution < -0.4 is 10.2 Å². The van der Waals surface area contributed by atoms with Crippen LogP contribution in [-0.2, 0) is 23.3 Å². The number of nitrogens with zero attached hydrogens (tertiary/aromatic N) is 4. The number of hydrogen-bond acceptors (Lipinski definition) is 5. The number of benzene rings is 2. The summed E-state index contributed by atoms with van der Waals surface area (Å²) in [5.41, 5.74) is 5.02. The Kier molecular flexibility index (Phi) is 6.30. The van der Waals surface area contributed by atoms with E-state index in [1.54, 1.807) is 0 Å². The zero-order chi connectivity index (χ0) is 25.4. The molecule has 8 nitrogen and oxygen atoms in total. The zero-order valence-electron chi connectivity index (χ0n) is 21.5. The van der Waals surface area contributed by atoms with Crippen LogP contribution in [0.4, 0.5) is 11.5 Å². The van der Waals surface area contributed by atoms with E-state index in [1.165, 1.54) is 0 Å². The molecule has 0 spiro atoms. The number of amides is 2. The van der Waals surface area contributed by atoms with Gasteiger partial charge < -0.3 is 20.0 Å². The Hall–Kier alpha value is -3.65. The minimum atomic E-state index is -0.546. The molecular formula is C28H34N6O2. The van der Waals surface area contributed by atoms with Gasteiger partial charge >= 0.3 is 0 Å². The number of likely N-dealkylation sites (N-methyl/N-ethyl adjacent to an activating group) is 1. The van der Waals surface area contributed by atoms with Gasteiger partial charge in [-0.25, -0.2) is 0 Å². The maximum atomic E-state index is 13.3. The number of aromatic amines is 1. The lowest BCUT2D eigenvalue weighted by molar-refractivity contribution is -0.135. The van der Waals surface area contributed by atoms with Crippen LogP contribution in [-0.4, -0.2) is 65.0 Å². The van der Waals surface area contributed by atoms with Crippen molar-refractivity contribution in [2.45, 2.75) is 39.3 Å². The number of rotatable bonds is 5. The van der Waals surface area contributed by atoms with E-state index in [0.29, 0.717) is 24.3 Å². The van der Waals surface area contributed by atoms with E-state index < -0.39 is 5.54 Å². The highest BCUT2D eigenvalue weighted by atomic mass is 16.2. The van der Waals surface area contributed by atoms with Crippen LogP contribution in [0.5, 0.6) is 0 Å². The maximum Gasteiger partial charge on any atom is 0.256 e. The van der Waals surface area contributed by atoms with Crippen molar-refractivity contribution in [2.75, 3.05) is 43.4 Å². The molecule has 0 bridgehead atoms. The van der Waals surface area contributed by atoms with E-state index in [0.717, 1.165) is 54.3 Å². The van der Waals surface area contributed by atoms with Crippen molar-refractivity contribution in [3.05, 3.63) is 76.5 Å². The van der Waals surface area contributed by atoms with Crippen molar-refractivity contribution in [3.8, 4) is 0 Å². The lowest BCUT2D eigenvalue weighted by Crippen LogP contribution is -2.44.